The van der Waals surface area contributed by atoms with Crippen LogP contribution in [0.15, 0.2) is 42.9 Å². The molecular formula is C17H17ClN4S. The smallest absolute Gasteiger partial charge is 0.152 e. The van der Waals surface area contributed by atoms with Gasteiger partial charge >= 0.3 is 0 Å². The minimum absolute atomic E-state index is 0.501. The van der Waals surface area contributed by atoms with Crippen molar-refractivity contribution in [1.29, 1.82) is 0 Å². The van der Waals surface area contributed by atoms with Crippen molar-refractivity contribution < 1.29 is 0 Å². The van der Waals surface area contributed by atoms with E-state index in [0.29, 0.717) is 11.8 Å². The average molecular weight is 345 g/mol. The van der Waals surface area contributed by atoms with Crippen LogP contribution >= 0.6 is 23.4 Å². The largest absolute Gasteiger partial charge is 0.364 e. The lowest BCUT2D eigenvalue weighted by Gasteiger charge is -2.10. The van der Waals surface area contributed by atoms with Crippen molar-refractivity contribution in [3.63, 3.8) is 0 Å². The van der Waals surface area contributed by atoms with E-state index in [0.717, 1.165) is 27.7 Å². The molecule has 1 atom stereocenters. The first-order valence-corrected chi connectivity index (χ1v) is 9.16. The maximum Gasteiger partial charge on any atom is 0.152 e. The molecule has 4 nitrogen and oxygen atoms in total. The monoisotopic (exact) mass is 344 g/mol. The van der Waals surface area contributed by atoms with E-state index < -0.39 is 0 Å². The lowest BCUT2D eigenvalue weighted by atomic mass is 10.2. The number of nitrogens with zero attached hydrogens (tertiary/aromatic N) is 3. The Balaban J connectivity index is 1.60. The van der Waals surface area contributed by atoms with Gasteiger partial charge in [0.25, 0.3) is 0 Å². The molecule has 0 bridgehead atoms. The van der Waals surface area contributed by atoms with E-state index in [9.17, 15) is 0 Å². The van der Waals surface area contributed by atoms with Gasteiger partial charge in [0.05, 0.1) is 11.4 Å². The lowest BCUT2D eigenvalue weighted by Crippen LogP contribution is -2.04. The number of anilines is 1. The molecule has 6 heteroatoms. The van der Waals surface area contributed by atoms with Gasteiger partial charge < -0.3 is 5.32 Å². The van der Waals surface area contributed by atoms with E-state index >= 15 is 0 Å². The Morgan fingerprint density at radius 2 is 2.30 bits per heavy atom. The van der Waals surface area contributed by atoms with Crippen molar-refractivity contribution in [2.45, 2.75) is 24.6 Å². The molecule has 1 N–H and O–H groups in total. The van der Waals surface area contributed by atoms with Crippen LogP contribution in [0.4, 0.5) is 5.82 Å². The summed E-state index contributed by atoms with van der Waals surface area (Å²) in [4.78, 5) is 9.12. The van der Waals surface area contributed by atoms with Gasteiger partial charge in [-0.2, -0.15) is 11.8 Å². The van der Waals surface area contributed by atoms with Crippen molar-refractivity contribution in [3.05, 3.63) is 59.3 Å². The Bertz CT molecular complexity index is 826. The number of hydrogen-bond donors (Lipinski definition) is 1. The second kappa shape index (κ2) is 6.42. The maximum absolute atomic E-state index is 6.04. The van der Waals surface area contributed by atoms with Gasteiger partial charge in [-0.3, -0.25) is 4.40 Å². The molecule has 0 aliphatic carbocycles. The van der Waals surface area contributed by atoms with Crippen LogP contribution < -0.4 is 5.32 Å². The van der Waals surface area contributed by atoms with Gasteiger partial charge in [0.15, 0.2) is 5.82 Å². The quantitative estimate of drug-likeness (QED) is 0.753. The molecule has 0 unspecified atom stereocenters. The molecule has 1 fully saturated rings. The van der Waals surface area contributed by atoms with E-state index in [1.165, 1.54) is 18.6 Å². The number of nitrogens with one attached hydrogen (secondary N) is 1. The number of thioether (sulfide) groups is 1. The predicted molar refractivity (Wildman–Crippen MR) is 96.2 cm³/mol. The molecule has 1 aliphatic rings. The van der Waals surface area contributed by atoms with Gasteiger partial charge in [-0.25, -0.2) is 9.97 Å². The number of rotatable bonds is 4. The summed E-state index contributed by atoms with van der Waals surface area (Å²) in [6.07, 6.45) is 8.23. The summed E-state index contributed by atoms with van der Waals surface area (Å²) in [6.45, 7) is 0.686. The molecule has 23 heavy (non-hydrogen) atoms. The molecule has 3 aromatic rings. The predicted octanol–water partition coefficient (Wildman–Crippen LogP) is 4.56. The lowest BCUT2D eigenvalue weighted by molar-refractivity contribution is 0.773. The molecule has 3 heterocycles. The van der Waals surface area contributed by atoms with Gasteiger partial charge in [-0.15, -0.1) is 0 Å². The number of benzene rings is 1. The molecule has 1 saturated heterocycles. The number of imidazole rings is 1. The highest BCUT2D eigenvalue weighted by atomic mass is 35.5. The first kappa shape index (κ1) is 14.8. The molecule has 2 aromatic heterocycles. The number of halogens is 1. The fourth-order valence-corrected chi connectivity index (χ4v) is 4.42. The first-order valence-electron chi connectivity index (χ1n) is 7.73. The topological polar surface area (TPSA) is 42.2 Å². The summed E-state index contributed by atoms with van der Waals surface area (Å²) in [6, 6.07) is 7.86. The van der Waals surface area contributed by atoms with Crippen molar-refractivity contribution in [2.75, 3.05) is 11.1 Å². The standard InChI is InChI=1S/C17H17ClN4S/c18-13-4-1-3-12(9-13)10-20-16-14-11-21-17(15-5-2-8-23-15)22(14)7-6-19-16/h1,3-4,6-7,9,11,15H,2,5,8,10H2,(H,19,20)/t15-/m0/s1. The highest BCUT2D eigenvalue weighted by Crippen LogP contribution is 2.39. The zero-order valence-electron chi connectivity index (χ0n) is 12.6. The van der Waals surface area contributed by atoms with E-state index in [1.54, 1.807) is 0 Å². The minimum atomic E-state index is 0.501. The second-order valence-electron chi connectivity index (χ2n) is 5.63. The van der Waals surface area contributed by atoms with Crippen LogP contribution in [-0.2, 0) is 6.54 Å². The Labute approximate surface area is 144 Å². The van der Waals surface area contributed by atoms with Crippen LogP contribution in [0.25, 0.3) is 5.52 Å². The summed E-state index contributed by atoms with van der Waals surface area (Å²) in [5.41, 5.74) is 2.16. The average Bonchev–Trinajstić information content (AvgIpc) is 3.22. The highest BCUT2D eigenvalue weighted by Gasteiger charge is 2.22. The summed E-state index contributed by atoms with van der Waals surface area (Å²) in [7, 11) is 0. The van der Waals surface area contributed by atoms with E-state index in [2.05, 4.69) is 25.8 Å². The van der Waals surface area contributed by atoms with Crippen molar-refractivity contribution in [2.24, 2.45) is 0 Å². The third kappa shape index (κ3) is 3.03. The third-order valence-corrected chi connectivity index (χ3v) is 5.66. The van der Waals surface area contributed by atoms with Gasteiger partial charge in [0, 0.05) is 24.0 Å². The van der Waals surface area contributed by atoms with Gasteiger partial charge in [-0.05, 0) is 36.3 Å². The van der Waals surface area contributed by atoms with Crippen LogP contribution in [0.5, 0.6) is 0 Å². The molecule has 4 rings (SSSR count). The normalized spacial score (nSPS) is 17.7. The van der Waals surface area contributed by atoms with Crippen LogP contribution in [0.3, 0.4) is 0 Å². The van der Waals surface area contributed by atoms with Crippen LogP contribution in [0.1, 0.15) is 29.5 Å². The fourth-order valence-electron chi connectivity index (χ4n) is 2.94. The summed E-state index contributed by atoms with van der Waals surface area (Å²) in [5.74, 6) is 3.22. The van der Waals surface area contributed by atoms with Crippen molar-refractivity contribution >= 4 is 34.7 Å². The van der Waals surface area contributed by atoms with E-state index in [-0.39, 0.29) is 0 Å². The van der Waals surface area contributed by atoms with Gasteiger partial charge in [-0.1, -0.05) is 23.7 Å². The molecule has 0 spiro atoms. The molecule has 0 amide bonds. The van der Waals surface area contributed by atoms with E-state index in [4.69, 9.17) is 11.6 Å². The fraction of sp³-hybridized carbons (Fsp3) is 0.294. The SMILES string of the molecule is Clc1cccc(CNc2nccn3c([C@@H]4CCCS4)ncc23)c1. The Morgan fingerprint density at radius 1 is 1.35 bits per heavy atom. The van der Waals surface area contributed by atoms with Gasteiger partial charge in [0.2, 0.25) is 0 Å². The number of hydrogen-bond acceptors (Lipinski definition) is 4. The maximum atomic E-state index is 6.04. The summed E-state index contributed by atoms with van der Waals surface area (Å²) >= 11 is 8.03. The highest BCUT2D eigenvalue weighted by molar-refractivity contribution is 7.99. The van der Waals surface area contributed by atoms with Crippen molar-refractivity contribution in [3.8, 4) is 0 Å². The first-order chi connectivity index (χ1) is 11.3. The molecular weight excluding hydrogens is 328 g/mol. The molecule has 1 aliphatic heterocycles. The second-order valence-corrected chi connectivity index (χ2v) is 7.38. The summed E-state index contributed by atoms with van der Waals surface area (Å²) in [5, 5.41) is 4.65. The molecule has 1 aromatic carbocycles. The summed E-state index contributed by atoms with van der Waals surface area (Å²) < 4.78 is 2.16. The Kier molecular flexibility index (Phi) is 4.14. The number of aromatic nitrogens is 3. The van der Waals surface area contributed by atoms with Crippen LogP contribution in [-0.4, -0.2) is 20.1 Å². The molecule has 118 valence electrons. The van der Waals surface area contributed by atoms with E-state index in [1.807, 2.05) is 48.6 Å². The number of fused-ring (bicyclic) bond motifs is 1. The zero-order valence-corrected chi connectivity index (χ0v) is 14.1. The minimum Gasteiger partial charge on any atom is -0.364 e. The third-order valence-electron chi connectivity index (χ3n) is 4.05. The van der Waals surface area contributed by atoms with Crippen LogP contribution in [0, 0.1) is 0 Å². The molecule has 0 radical (unpaired) electrons. The van der Waals surface area contributed by atoms with Crippen LogP contribution in [0.2, 0.25) is 5.02 Å². The van der Waals surface area contributed by atoms with Crippen molar-refractivity contribution in [1.82, 2.24) is 14.4 Å². The van der Waals surface area contributed by atoms with Gasteiger partial charge in [0.1, 0.15) is 11.3 Å². The molecule has 0 saturated carbocycles. The Morgan fingerprint density at radius 3 is 3.13 bits per heavy atom. The Hall–Kier alpha value is -1.72. The zero-order chi connectivity index (χ0) is 15.6.